The van der Waals surface area contributed by atoms with Crippen LogP contribution in [0.4, 0.5) is 13.2 Å². The van der Waals surface area contributed by atoms with Crippen LogP contribution in [0.3, 0.4) is 0 Å². The highest BCUT2D eigenvalue weighted by Crippen LogP contribution is 2.31. The summed E-state index contributed by atoms with van der Waals surface area (Å²) in [4.78, 5) is 0. The van der Waals surface area contributed by atoms with Crippen LogP contribution in [0, 0.1) is 0 Å². The number of alkyl halides is 3. The molecular weight excluding hydrogens is 189 g/mol. The molecule has 0 saturated carbocycles. The van der Waals surface area contributed by atoms with Gasteiger partial charge in [-0.05, 0) is 18.6 Å². The molecule has 0 fully saturated rings. The predicted molar refractivity (Wildman–Crippen MR) is 43.9 cm³/mol. The number of rotatable bonds is 2. The fourth-order valence-electron chi connectivity index (χ4n) is 0.604. The minimum absolute atomic E-state index is 0.0794. The maximum atomic E-state index is 12.1. The minimum atomic E-state index is -4.41. The molecule has 0 aromatic rings. The number of allylic oxidation sites excluding steroid dienone is 4. The van der Waals surface area contributed by atoms with Crippen LogP contribution in [-0.2, 0) is 0 Å². The number of hydrogen-bond acceptors (Lipinski definition) is 0. The maximum Gasteiger partial charge on any atom is 0.416 e. The zero-order chi connectivity index (χ0) is 9.94. The van der Waals surface area contributed by atoms with E-state index in [4.69, 9.17) is 11.6 Å². The quantitative estimate of drug-likeness (QED) is 0.590. The lowest BCUT2D eigenvalue weighted by atomic mass is 10.1. The van der Waals surface area contributed by atoms with Gasteiger partial charge < -0.3 is 0 Å². The molecule has 0 aliphatic heterocycles. The molecule has 68 valence electrons. The molecule has 0 rings (SSSR count). The van der Waals surface area contributed by atoms with E-state index in [-0.39, 0.29) is 10.6 Å². The van der Waals surface area contributed by atoms with Crippen molar-refractivity contribution in [2.75, 3.05) is 0 Å². The Hall–Kier alpha value is -0.700. The van der Waals surface area contributed by atoms with E-state index in [1.54, 1.807) is 0 Å². The van der Waals surface area contributed by atoms with Gasteiger partial charge in [0.2, 0.25) is 0 Å². The first-order valence-electron chi connectivity index (χ1n) is 3.04. The van der Waals surface area contributed by atoms with Crippen LogP contribution in [0.1, 0.15) is 6.92 Å². The predicted octanol–water partition coefficient (Wildman–Crippen LogP) is 3.80. The van der Waals surface area contributed by atoms with Crippen molar-refractivity contribution in [3.05, 3.63) is 35.4 Å². The van der Waals surface area contributed by atoms with Gasteiger partial charge in [0.25, 0.3) is 0 Å². The van der Waals surface area contributed by atoms with Crippen molar-refractivity contribution in [2.24, 2.45) is 0 Å². The average molecular weight is 197 g/mol. The zero-order valence-electron chi connectivity index (χ0n) is 6.50. The summed E-state index contributed by atoms with van der Waals surface area (Å²) in [5.74, 6) is 0. The Morgan fingerprint density at radius 2 is 1.75 bits per heavy atom. The van der Waals surface area contributed by atoms with Gasteiger partial charge in [-0.2, -0.15) is 13.2 Å². The van der Waals surface area contributed by atoms with Crippen LogP contribution in [0.2, 0.25) is 0 Å². The summed E-state index contributed by atoms with van der Waals surface area (Å²) < 4.78 is 36.3. The third-order valence-corrected chi connectivity index (χ3v) is 1.18. The third kappa shape index (κ3) is 3.62. The molecule has 0 radical (unpaired) electrons. The lowest BCUT2D eigenvalue weighted by Gasteiger charge is -2.10. The second kappa shape index (κ2) is 3.81. The topological polar surface area (TPSA) is 0 Å². The molecule has 0 aliphatic rings. The van der Waals surface area contributed by atoms with Crippen LogP contribution < -0.4 is 0 Å². The Bertz CT molecular complexity index is 235. The fourth-order valence-corrected chi connectivity index (χ4v) is 0.713. The molecule has 0 atom stereocenters. The highest BCUT2D eigenvalue weighted by Gasteiger charge is 2.33. The summed E-state index contributed by atoms with van der Waals surface area (Å²) in [6, 6.07) is 0. The lowest BCUT2D eigenvalue weighted by Crippen LogP contribution is -2.12. The molecule has 0 saturated heterocycles. The second-order valence-electron chi connectivity index (χ2n) is 2.28. The van der Waals surface area contributed by atoms with E-state index in [1.165, 1.54) is 6.92 Å². The molecule has 4 heteroatoms. The number of halogens is 4. The smallest absolute Gasteiger partial charge is 0.166 e. The molecule has 0 aliphatic carbocycles. The Labute approximate surface area is 74.0 Å². The largest absolute Gasteiger partial charge is 0.416 e. The summed E-state index contributed by atoms with van der Waals surface area (Å²) >= 11 is 5.21. The molecule has 0 unspecified atom stereocenters. The Morgan fingerprint density at radius 3 is 1.83 bits per heavy atom. The van der Waals surface area contributed by atoms with Crippen molar-refractivity contribution < 1.29 is 13.2 Å². The summed E-state index contributed by atoms with van der Waals surface area (Å²) in [6.07, 6.45) is -3.66. The second-order valence-corrected chi connectivity index (χ2v) is 2.77. The van der Waals surface area contributed by atoms with Gasteiger partial charge in [0.15, 0.2) is 0 Å². The van der Waals surface area contributed by atoms with E-state index in [9.17, 15) is 13.2 Å². The Morgan fingerprint density at radius 1 is 1.33 bits per heavy atom. The maximum absolute atomic E-state index is 12.1. The van der Waals surface area contributed by atoms with Crippen molar-refractivity contribution in [1.29, 1.82) is 0 Å². The molecule has 0 nitrogen and oxygen atoms in total. The molecule has 12 heavy (non-hydrogen) atoms. The van der Waals surface area contributed by atoms with Gasteiger partial charge >= 0.3 is 6.18 Å². The van der Waals surface area contributed by atoms with E-state index in [2.05, 4.69) is 13.2 Å². The van der Waals surface area contributed by atoms with E-state index in [0.29, 0.717) is 0 Å². The molecular formula is C8H8ClF3. The molecule has 0 amide bonds. The summed E-state index contributed by atoms with van der Waals surface area (Å²) in [6.45, 7) is 7.59. The zero-order valence-corrected chi connectivity index (χ0v) is 7.26. The van der Waals surface area contributed by atoms with Gasteiger partial charge in [0.1, 0.15) is 0 Å². The van der Waals surface area contributed by atoms with Gasteiger partial charge in [-0.25, -0.2) is 0 Å². The summed E-state index contributed by atoms with van der Waals surface area (Å²) in [5.41, 5.74) is -0.924. The first-order chi connectivity index (χ1) is 5.25. The van der Waals surface area contributed by atoms with Crippen LogP contribution in [0.15, 0.2) is 35.4 Å². The summed E-state index contributed by atoms with van der Waals surface area (Å²) in [7, 11) is 0. The van der Waals surface area contributed by atoms with Crippen molar-refractivity contribution in [1.82, 2.24) is 0 Å². The highest BCUT2D eigenvalue weighted by atomic mass is 35.5. The fraction of sp³-hybridized carbons (Fsp3) is 0.250. The first kappa shape index (κ1) is 11.3. The molecule has 0 aromatic carbocycles. The van der Waals surface area contributed by atoms with Crippen molar-refractivity contribution >= 4 is 11.6 Å². The van der Waals surface area contributed by atoms with Crippen molar-refractivity contribution in [3.8, 4) is 0 Å². The van der Waals surface area contributed by atoms with Crippen molar-refractivity contribution in [3.63, 3.8) is 0 Å². The SMILES string of the molecule is C=C(Cl)/C=C(\C(=C)C)C(F)(F)F. The van der Waals surface area contributed by atoms with Gasteiger partial charge in [0.05, 0.1) is 5.57 Å². The van der Waals surface area contributed by atoms with Gasteiger partial charge in [-0.15, -0.1) is 0 Å². The normalized spacial score (nSPS) is 12.9. The highest BCUT2D eigenvalue weighted by molar-refractivity contribution is 6.30. The van der Waals surface area contributed by atoms with Crippen LogP contribution >= 0.6 is 11.6 Å². The first-order valence-corrected chi connectivity index (χ1v) is 3.42. The van der Waals surface area contributed by atoms with E-state index in [0.717, 1.165) is 6.08 Å². The van der Waals surface area contributed by atoms with Gasteiger partial charge in [-0.1, -0.05) is 24.8 Å². The van der Waals surface area contributed by atoms with E-state index < -0.39 is 11.7 Å². The lowest BCUT2D eigenvalue weighted by molar-refractivity contribution is -0.0892. The molecule has 0 bridgehead atoms. The Kier molecular flexibility index (Phi) is 3.58. The molecule has 0 aromatic heterocycles. The van der Waals surface area contributed by atoms with Crippen LogP contribution in [0.25, 0.3) is 0 Å². The molecule has 0 spiro atoms. The van der Waals surface area contributed by atoms with E-state index >= 15 is 0 Å². The van der Waals surface area contributed by atoms with Crippen molar-refractivity contribution in [2.45, 2.75) is 13.1 Å². The van der Waals surface area contributed by atoms with Gasteiger partial charge in [-0.3, -0.25) is 0 Å². The average Bonchev–Trinajstić information content (AvgIpc) is 1.79. The minimum Gasteiger partial charge on any atom is -0.166 e. The Balaban J connectivity index is 4.94. The molecule has 0 heterocycles. The van der Waals surface area contributed by atoms with Crippen LogP contribution in [0.5, 0.6) is 0 Å². The third-order valence-electron chi connectivity index (χ3n) is 1.07. The molecule has 0 N–H and O–H groups in total. The number of hydrogen-bond donors (Lipinski definition) is 0. The van der Waals surface area contributed by atoms with Gasteiger partial charge in [0, 0.05) is 5.03 Å². The summed E-state index contributed by atoms with van der Waals surface area (Å²) in [5, 5.41) is -0.162. The van der Waals surface area contributed by atoms with E-state index in [1.807, 2.05) is 0 Å². The standard InChI is InChI=1S/C8H8ClF3/c1-5(2)7(4-6(3)9)8(10,11)12/h4H,1,3H2,2H3/b7-4+. The van der Waals surface area contributed by atoms with Crippen LogP contribution in [-0.4, -0.2) is 6.18 Å². The monoisotopic (exact) mass is 196 g/mol.